The minimum atomic E-state index is 0.396. The van der Waals surface area contributed by atoms with E-state index < -0.39 is 0 Å². The third kappa shape index (κ3) is 2.75. The minimum absolute atomic E-state index is 0.396. The van der Waals surface area contributed by atoms with Gasteiger partial charge in [-0.15, -0.1) is 0 Å². The molecule has 0 amide bonds. The number of fused-ring (bicyclic) bond motifs is 1. The SMILES string of the molecule is c1cnc2c(c1)nc(C1CCCOC1)n2CC1CCCOC1. The van der Waals surface area contributed by atoms with Crippen molar-refractivity contribution in [2.45, 2.75) is 38.1 Å². The van der Waals surface area contributed by atoms with Crippen LogP contribution in [0.25, 0.3) is 11.2 Å². The Morgan fingerprint density at radius 3 is 2.77 bits per heavy atom. The standard InChI is InChI=1S/C17H23N3O2/c1-6-15-17(18-7-1)20(10-13-4-2-8-21-11-13)16(19-15)14-5-3-9-22-12-14/h1,6-7,13-14H,2-5,8-12H2. The van der Waals surface area contributed by atoms with E-state index in [1.165, 1.54) is 6.42 Å². The van der Waals surface area contributed by atoms with Crippen molar-refractivity contribution in [1.29, 1.82) is 0 Å². The van der Waals surface area contributed by atoms with E-state index in [0.29, 0.717) is 11.8 Å². The summed E-state index contributed by atoms with van der Waals surface area (Å²) in [6.07, 6.45) is 6.52. The topological polar surface area (TPSA) is 49.2 Å². The Morgan fingerprint density at radius 1 is 1.14 bits per heavy atom. The molecule has 4 heterocycles. The molecule has 0 aromatic carbocycles. The first-order valence-electron chi connectivity index (χ1n) is 8.38. The van der Waals surface area contributed by atoms with Gasteiger partial charge in [0.05, 0.1) is 13.2 Å². The molecule has 4 rings (SSSR count). The van der Waals surface area contributed by atoms with Gasteiger partial charge >= 0.3 is 0 Å². The van der Waals surface area contributed by atoms with Crippen molar-refractivity contribution >= 4 is 11.2 Å². The molecule has 5 heteroatoms. The van der Waals surface area contributed by atoms with Crippen molar-refractivity contribution in [2.75, 3.05) is 26.4 Å². The zero-order valence-corrected chi connectivity index (χ0v) is 12.9. The monoisotopic (exact) mass is 301 g/mol. The first kappa shape index (κ1) is 14.2. The predicted octanol–water partition coefficient (Wildman–Crippen LogP) is 2.75. The number of aromatic nitrogens is 3. The van der Waals surface area contributed by atoms with E-state index in [-0.39, 0.29) is 0 Å². The summed E-state index contributed by atoms with van der Waals surface area (Å²) < 4.78 is 13.7. The number of nitrogens with zero attached hydrogens (tertiary/aromatic N) is 3. The van der Waals surface area contributed by atoms with Gasteiger partial charge in [-0.25, -0.2) is 9.97 Å². The van der Waals surface area contributed by atoms with Crippen LogP contribution >= 0.6 is 0 Å². The van der Waals surface area contributed by atoms with Crippen LogP contribution in [0.5, 0.6) is 0 Å². The molecule has 22 heavy (non-hydrogen) atoms. The highest BCUT2D eigenvalue weighted by atomic mass is 16.5. The summed E-state index contributed by atoms with van der Waals surface area (Å²) in [6, 6.07) is 4.02. The molecule has 2 saturated heterocycles. The van der Waals surface area contributed by atoms with Gasteiger partial charge in [0.25, 0.3) is 0 Å². The van der Waals surface area contributed by atoms with Gasteiger partial charge in [-0.05, 0) is 37.8 Å². The van der Waals surface area contributed by atoms with Crippen molar-refractivity contribution in [3.63, 3.8) is 0 Å². The van der Waals surface area contributed by atoms with Crippen molar-refractivity contribution < 1.29 is 9.47 Å². The largest absolute Gasteiger partial charge is 0.381 e. The summed E-state index contributed by atoms with van der Waals surface area (Å²) >= 11 is 0. The zero-order valence-electron chi connectivity index (χ0n) is 12.9. The van der Waals surface area contributed by atoms with Gasteiger partial charge < -0.3 is 14.0 Å². The number of hydrogen-bond donors (Lipinski definition) is 0. The van der Waals surface area contributed by atoms with Gasteiger partial charge in [0.15, 0.2) is 5.65 Å². The fourth-order valence-corrected chi connectivity index (χ4v) is 3.62. The van der Waals surface area contributed by atoms with Gasteiger partial charge in [0.1, 0.15) is 11.3 Å². The lowest BCUT2D eigenvalue weighted by Crippen LogP contribution is -2.25. The Bertz CT molecular complexity index is 628. The van der Waals surface area contributed by atoms with Gasteiger partial charge in [0.2, 0.25) is 0 Å². The molecule has 2 aliphatic rings. The number of rotatable bonds is 3. The number of hydrogen-bond acceptors (Lipinski definition) is 4. The van der Waals surface area contributed by atoms with Crippen LogP contribution in [-0.2, 0) is 16.0 Å². The first-order valence-corrected chi connectivity index (χ1v) is 8.38. The quantitative estimate of drug-likeness (QED) is 0.874. The van der Waals surface area contributed by atoms with Gasteiger partial charge in [-0.3, -0.25) is 0 Å². The predicted molar refractivity (Wildman–Crippen MR) is 83.9 cm³/mol. The lowest BCUT2D eigenvalue weighted by atomic mass is 9.99. The molecule has 2 unspecified atom stereocenters. The van der Waals surface area contributed by atoms with Crippen LogP contribution < -0.4 is 0 Å². The van der Waals surface area contributed by atoms with E-state index >= 15 is 0 Å². The summed E-state index contributed by atoms with van der Waals surface area (Å²) in [5.74, 6) is 2.11. The molecular formula is C17H23N3O2. The highest BCUT2D eigenvalue weighted by Gasteiger charge is 2.25. The Morgan fingerprint density at radius 2 is 2.00 bits per heavy atom. The van der Waals surface area contributed by atoms with Crippen LogP contribution in [0.3, 0.4) is 0 Å². The van der Waals surface area contributed by atoms with Crippen LogP contribution in [0.4, 0.5) is 0 Å². The molecule has 0 spiro atoms. The average molecular weight is 301 g/mol. The Hall–Kier alpha value is -1.46. The van der Waals surface area contributed by atoms with E-state index in [1.807, 2.05) is 12.3 Å². The fourth-order valence-electron chi connectivity index (χ4n) is 3.62. The maximum atomic E-state index is 5.68. The number of ether oxygens (including phenoxy) is 2. The smallest absolute Gasteiger partial charge is 0.160 e. The van der Waals surface area contributed by atoms with Crippen LogP contribution in [0.1, 0.15) is 37.4 Å². The molecule has 2 atom stereocenters. The van der Waals surface area contributed by atoms with E-state index in [0.717, 1.165) is 69.2 Å². The van der Waals surface area contributed by atoms with Crippen LogP contribution in [0.15, 0.2) is 18.3 Å². The lowest BCUT2D eigenvalue weighted by Gasteiger charge is -2.26. The number of pyridine rings is 1. The molecule has 0 saturated carbocycles. The molecule has 0 aliphatic carbocycles. The Labute approximate surface area is 130 Å². The summed E-state index contributed by atoms with van der Waals surface area (Å²) in [7, 11) is 0. The zero-order chi connectivity index (χ0) is 14.8. The average Bonchev–Trinajstić information content (AvgIpc) is 2.95. The fraction of sp³-hybridized carbons (Fsp3) is 0.647. The molecule has 2 fully saturated rings. The second kappa shape index (κ2) is 6.34. The molecule has 2 aromatic heterocycles. The van der Waals surface area contributed by atoms with E-state index in [2.05, 4.69) is 15.6 Å². The van der Waals surface area contributed by atoms with Gasteiger partial charge in [-0.1, -0.05) is 0 Å². The highest BCUT2D eigenvalue weighted by molar-refractivity contribution is 5.71. The van der Waals surface area contributed by atoms with Crippen molar-refractivity contribution in [3.05, 3.63) is 24.2 Å². The molecule has 118 valence electrons. The van der Waals surface area contributed by atoms with Gasteiger partial charge in [-0.2, -0.15) is 0 Å². The molecule has 2 aromatic rings. The van der Waals surface area contributed by atoms with Crippen molar-refractivity contribution in [1.82, 2.24) is 14.5 Å². The minimum Gasteiger partial charge on any atom is -0.381 e. The molecular weight excluding hydrogens is 278 g/mol. The molecule has 0 N–H and O–H groups in total. The maximum Gasteiger partial charge on any atom is 0.160 e. The normalized spacial score (nSPS) is 26.4. The Balaban J connectivity index is 1.69. The molecule has 5 nitrogen and oxygen atoms in total. The van der Waals surface area contributed by atoms with E-state index in [1.54, 1.807) is 0 Å². The van der Waals surface area contributed by atoms with E-state index in [4.69, 9.17) is 14.5 Å². The van der Waals surface area contributed by atoms with Gasteiger partial charge in [0, 0.05) is 37.8 Å². The third-order valence-corrected chi connectivity index (χ3v) is 4.75. The van der Waals surface area contributed by atoms with E-state index in [9.17, 15) is 0 Å². The Kier molecular flexibility index (Phi) is 4.08. The summed E-state index contributed by atoms with van der Waals surface area (Å²) in [5.41, 5.74) is 2.01. The maximum absolute atomic E-state index is 5.68. The summed E-state index contributed by atoms with van der Waals surface area (Å²) in [6.45, 7) is 4.38. The second-order valence-electron chi connectivity index (χ2n) is 6.42. The van der Waals surface area contributed by atoms with Crippen LogP contribution in [0, 0.1) is 5.92 Å². The first-order chi connectivity index (χ1) is 10.9. The van der Waals surface area contributed by atoms with Crippen LogP contribution in [0.2, 0.25) is 0 Å². The molecule has 0 bridgehead atoms. The van der Waals surface area contributed by atoms with Crippen molar-refractivity contribution in [2.24, 2.45) is 5.92 Å². The number of imidazole rings is 1. The molecule has 0 radical (unpaired) electrons. The van der Waals surface area contributed by atoms with Crippen molar-refractivity contribution in [3.8, 4) is 0 Å². The summed E-state index contributed by atoms with van der Waals surface area (Å²) in [4.78, 5) is 9.46. The van der Waals surface area contributed by atoms with Crippen LogP contribution in [-0.4, -0.2) is 41.0 Å². The third-order valence-electron chi connectivity index (χ3n) is 4.75. The second-order valence-corrected chi connectivity index (χ2v) is 6.42. The lowest BCUT2D eigenvalue weighted by molar-refractivity contribution is 0.0469. The highest BCUT2D eigenvalue weighted by Crippen LogP contribution is 2.29. The summed E-state index contributed by atoms with van der Waals surface area (Å²) in [5, 5.41) is 0. The molecule has 2 aliphatic heterocycles.